The number of halogens is 1. The van der Waals surface area contributed by atoms with Gasteiger partial charge in [0, 0.05) is 26.2 Å². The van der Waals surface area contributed by atoms with E-state index in [0.29, 0.717) is 12.0 Å². The number of likely N-dealkylation sites (tertiary alicyclic amines) is 2. The summed E-state index contributed by atoms with van der Waals surface area (Å²) in [6.07, 6.45) is 3.80. The van der Waals surface area contributed by atoms with E-state index in [1.807, 2.05) is 24.3 Å². The van der Waals surface area contributed by atoms with Gasteiger partial charge in [-0.1, -0.05) is 24.3 Å². The summed E-state index contributed by atoms with van der Waals surface area (Å²) < 4.78 is 18.6. The zero-order valence-electron chi connectivity index (χ0n) is 17.0. The van der Waals surface area contributed by atoms with Crippen molar-refractivity contribution in [1.29, 1.82) is 0 Å². The van der Waals surface area contributed by atoms with Crippen LogP contribution in [0.4, 0.5) is 4.39 Å². The molecule has 0 amide bonds. The molecule has 2 fully saturated rings. The summed E-state index contributed by atoms with van der Waals surface area (Å²) in [5.41, 5.74) is 2.89. The van der Waals surface area contributed by atoms with Crippen molar-refractivity contribution in [3.63, 3.8) is 0 Å². The van der Waals surface area contributed by atoms with Gasteiger partial charge >= 0.3 is 0 Å². The lowest BCUT2D eigenvalue weighted by Gasteiger charge is -2.40. The van der Waals surface area contributed by atoms with Crippen molar-refractivity contribution >= 4 is 0 Å². The summed E-state index contributed by atoms with van der Waals surface area (Å²) in [6, 6.07) is 15.2. The lowest BCUT2D eigenvalue weighted by Crippen LogP contribution is -2.44. The highest BCUT2D eigenvalue weighted by Gasteiger charge is 2.41. The molecule has 29 heavy (non-hydrogen) atoms. The lowest BCUT2D eigenvalue weighted by atomic mass is 9.79. The highest BCUT2D eigenvalue weighted by atomic mass is 19.1. The van der Waals surface area contributed by atoms with Crippen LogP contribution in [-0.2, 0) is 13.1 Å². The molecular formula is C24H31FN2O2. The molecule has 1 atom stereocenters. The van der Waals surface area contributed by atoms with Crippen LogP contribution in [0.3, 0.4) is 0 Å². The molecular weight excluding hydrogens is 367 g/mol. The quantitative estimate of drug-likeness (QED) is 0.772. The molecule has 1 spiro atoms. The first-order valence-electron chi connectivity index (χ1n) is 10.7. The average Bonchev–Trinajstić information content (AvgIpc) is 3.10. The SMILES string of the molecule is OCCOc1ccc(CN2CC[C@@]3(CCCN(Cc4ccc(F)cc4)C3)C2)cc1. The number of hydrogen-bond acceptors (Lipinski definition) is 4. The third-order valence-electron chi connectivity index (χ3n) is 6.27. The molecule has 4 nitrogen and oxygen atoms in total. The molecule has 0 saturated carbocycles. The van der Waals surface area contributed by atoms with E-state index in [1.165, 1.54) is 30.4 Å². The maximum Gasteiger partial charge on any atom is 0.123 e. The van der Waals surface area contributed by atoms with Gasteiger partial charge in [-0.2, -0.15) is 0 Å². The normalized spacial score (nSPS) is 23.0. The highest BCUT2D eigenvalue weighted by Crippen LogP contribution is 2.39. The summed E-state index contributed by atoms with van der Waals surface area (Å²) in [5, 5.41) is 8.85. The Balaban J connectivity index is 1.31. The third kappa shape index (κ3) is 5.35. The molecule has 2 saturated heterocycles. The number of benzene rings is 2. The Morgan fingerprint density at radius 2 is 1.48 bits per heavy atom. The molecule has 0 unspecified atom stereocenters. The predicted octanol–water partition coefficient (Wildman–Crippen LogP) is 3.68. The Kier molecular flexibility index (Phi) is 6.48. The van der Waals surface area contributed by atoms with Crippen LogP contribution >= 0.6 is 0 Å². The fraction of sp³-hybridized carbons (Fsp3) is 0.500. The van der Waals surface area contributed by atoms with E-state index in [0.717, 1.165) is 45.0 Å². The number of piperidine rings is 1. The first kappa shape index (κ1) is 20.3. The Labute approximate surface area is 172 Å². The number of aliphatic hydroxyl groups excluding tert-OH is 1. The second-order valence-electron chi connectivity index (χ2n) is 8.62. The van der Waals surface area contributed by atoms with Crippen LogP contribution in [0, 0.1) is 11.2 Å². The van der Waals surface area contributed by atoms with Crippen LogP contribution in [-0.4, -0.2) is 54.3 Å². The van der Waals surface area contributed by atoms with Gasteiger partial charge in [0.2, 0.25) is 0 Å². The molecule has 4 rings (SSSR count). The van der Waals surface area contributed by atoms with Gasteiger partial charge < -0.3 is 9.84 Å². The van der Waals surface area contributed by atoms with Crippen LogP contribution in [0.15, 0.2) is 48.5 Å². The number of ether oxygens (including phenoxy) is 1. The minimum Gasteiger partial charge on any atom is -0.491 e. The van der Waals surface area contributed by atoms with E-state index >= 15 is 0 Å². The van der Waals surface area contributed by atoms with Crippen LogP contribution in [0.1, 0.15) is 30.4 Å². The van der Waals surface area contributed by atoms with Crippen molar-refractivity contribution in [3.05, 3.63) is 65.5 Å². The fourth-order valence-corrected chi connectivity index (χ4v) is 4.90. The maximum atomic E-state index is 13.2. The van der Waals surface area contributed by atoms with Gasteiger partial charge in [0.15, 0.2) is 0 Å². The van der Waals surface area contributed by atoms with E-state index in [4.69, 9.17) is 9.84 Å². The molecule has 5 heteroatoms. The van der Waals surface area contributed by atoms with Gasteiger partial charge in [0.25, 0.3) is 0 Å². The van der Waals surface area contributed by atoms with Gasteiger partial charge in [-0.3, -0.25) is 9.80 Å². The highest BCUT2D eigenvalue weighted by molar-refractivity contribution is 5.27. The van der Waals surface area contributed by atoms with Crippen molar-refractivity contribution in [2.75, 3.05) is 39.4 Å². The van der Waals surface area contributed by atoms with E-state index in [9.17, 15) is 4.39 Å². The summed E-state index contributed by atoms with van der Waals surface area (Å²) in [6.45, 7) is 6.82. The molecule has 156 valence electrons. The number of nitrogens with zero attached hydrogens (tertiary/aromatic N) is 2. The standard InChI is InChI=1S/C24H31FN2O2/c25-22-6-2-20(3-7-22)16-26-12-1-10-24(18-26)11-13-27(19-24)17-21-4-8-23(9-5-21)29-15-14-28/h2-9,28H,1,10-19H2/t24-/m1/s1. The van der Waals surface area contributed by atoms with E-state index < -0.39 is 0 Å². The number of aliphatic hydroxyl groups is 1. The summed E-state index contributed by atoms with van der Waals surface area (Å²) in [5.74, 6) is 0.646. The van der Waals surface area contributed by atoms with Gasteiger partial charge in [0.05, 0.1) is 6.61 Å². The van der Waals surface area contributed by atoms with Crippen molar-refractivity contribution in [3.8, 4) is 5.75 Å². The third-order valence-corrected chi connectivity index (χ3v) is 6.27. The Hall–Kier alpha value is -1.95. The topological polar surface area (TPSA) is 35.9 Å². The fourth-order valence-electron chi connectivity index (χ4n) is 4.90. The maximum absolute atomic E-state index is 13.2. The van der Waals surface area contributed by atoms with Gasteiger partial charge in [0.1, 0.15) is 18.2 Å². The predicted molar refractivity (Wildman–Crippen MR) is 112 cm³/mol. The summed E-state index contributed by atoms with van der Waals surface area (Å²) >= 11 is 0. The largest absolute Gasteiger partial charge is 0.491 e. The zero-order chi connectivity index (χ0) is 20.1. The molecule has 0 bridgehead atoms. The lowest BCUT2D eigenvalue weighted by molar-refractivity contribution is 0.0866. The summed E-state index contributed by atoms with van der Waals surface area (Å²) in [7, 11) is 0. The smallest absolute Gasteiger partial charge is 0.123 e. The van der Waals surface area contributed by atoms with Crippen LogP contribution in [0.5, 0.6) is 5.75 Å². The van der Waals surface area contributed by atoms with Crippen LogP contribution in [0.25, 0.3) is 0 Å². The van der Waals surface area contributed by atoms with Crippen LogP contribution in [0.2, 0.25) is 0 Å². The number of hydrogen-bond donors (Lipinski definition) is 1. The molecule has 0 aliphatic carbocycles. The van der Waals surface area contributed by atoms with Crippen molar-refractivity contribution in [2.45, 2.75) is 32.4 Å². The van der Waals surface area contributed by atoms with Gasteiger partial charge in [-0.05, 0) is 73.2 Å². The van der Waals surface area contributed by atoms with E-state index in [-0.39, 0.29) is 12.4 Å². The Morgan fingerprint density at radius 1 is 0.862 bits per heavy atom. The van der Waals surface area contributed by atoms with Crippen molar-refractivity contribution in [1.82, 2.24) is 9.80 Å². The van der Waals surface area contributed by atoms with Gasteiger partial charge in [-0.15, -0.1) is 0 Å². The van der Waals surface area contributed by atoms with Crippen molar-refractivity contribution in [2.24, 2.45) is 5.41 Å². The second kappa shape index (κ2) is 9.24. The first-order chi connectivity index (χ1) is 14.1. The second-order valence-corrected chi connectivity index (χ2v) is 8.62. The van der Waals surface area contributed by atoms with Crippen LogP contribution < -0.4 is 4.74 Å². The first-order valence-corrected chi connectivity index (χ1v) is 10.7. The molecule has 2 heterocycles. The molecule has 2 aliphatic rings. The molecule has 0 aromatic heterocycles. The average molecular weight is 399 g/mol. The minimum atomic E-state index is -0.164. The Morgan fingerprint density at radius 3 is 2.14 bits per heavy atom. The Bertz CT molecular complexity index is 780. The summed E-state index contributed by atoms with van der Waals surface area (Å²) in [4.78, 5) is 5.12. The molecule has 2 aromatic rings. The molecule has 0 radical (unpaired) electrons. The van der Waals surface area contributed by atoms with Crippen molar-refractivity contribution < 1.29 is 14.2 Å². The molecule has 1 N–H and O–H groups in total. The molecule has 2 aliphatic heterocycles. The molecule has 2 aromatic carbocycles. The zero-order valence-corrected chi connectivity index (χ0v) is 17.0. The minimum absolute atomic E-state index is 0.0375. The van der Waals surface area contributed by atoms with Gasteiger partial charge in [-0.25, -0.2) is 4.39 Å². The van der Waals surface area contributed by atoms with E-state index in [1.54, 1.807) is 12.1 Å². The van der Waals surface area contributed by atoms with E-state index in [2.05, 4.69) is 21.9 Å². The number of rotatable bonds is 7. The monoisotopic (exact) mass is 398 g/mol.